The number of hydrogen-bond donors (Lipinski definition) is 1. The molecule has 4 nitrogen and oxygen atoms in total. The van der Waals surface area contributed by atoms with E-state index in [9.17, 15) is 0 Å². The fourth-order valence-corrected chi connectivity index (χ4v) is 4.47. The summed E-state index contributed by atoms with van der Waals surface area (Å²) >= 11 is 0. The van der Waals surface area contributed by atoms with Crippen molar-refractivity contribution >= 4 is 0 Å². The first kappa shape index (κ1) is 14.1. The lowest BCUT2D eigenvalue weighted by Gasteiger charge is -2.39. The Morgan fingerprint density at radius 2 is 2.10 bits per heavy atom. The van der Waals surface area contributed by atoms with Crippen LogP contribution in [0.1, 0.15) is 58.2 Å². The van der Waals surface area contributed by atoms with Crippen LogP contribution in [0.4, 0.5) is 0 Å². The van der Waals surface area contributed by atoms with E-state index >= 15 is 0 Å². The van der Waals surface area contributed by atoms with E-state index in [-0.39, 0.29) is 0 Å². The first-order valence-corrected chi connectivity index (χ1v) is 7.96. The molecule has 0 saturated heterocycles. The second kappa shape index (κ2) is 4.83. The molecule has 0 aliphatic heterocycles. The van der Waals surface area contributed by atoms with Gasteiger partial charge in [-0.25, -0.2) is 0 Å². The molecule has 1 aromatic rings. The number of nitrogens with zero attached hydrogens (tertiary/aromatic N) is 2. The second-order valence-corrected chi connectivity index (χ2v) is 7.44. The topological polar surface area (TPSA) is 51.0 Å². The summed E-state index contributed by atoms with van der Waals surface area (Å²) in [6.07, 6.45) is 6.10. The number of aromatic nitrogens is 2. The molecule has 4 heteroatoms. The van der Waals surface area contributed by atoms with Gasteiger partial charge in [0.15, 0.2) is 0 Å². The Labute approximate surface area is 121 Å². The Hall–Kier alpha value is -0.900. The molecule has 0 unspecified atom stereocenters. The third kappa shape index (κ3) is 2.09. The van der Waals surface area contributed by atoms with Crippen molar-refractivity contribution in [1.82, 2.24) is 15.5 Å². The fraction of sp³-hybridized carbons (Fsp3) is 0.875. The van der Waals surface area contributed by atoms with E-state index in [4.69, 9.17) is 4.42 Å². The van der Waals surface area contributed by atoms with Crippen LogP contribution >= 0.6 is 0 Å². The molecule has 112 valence electrons. The highest BCUT2D eigenvalue weighted by Crippen LogP contribution is 2.65. The minimum atomic E-state index is 0.471. The minimum absolute atomic E-state index is 0.471. The average molecular weight is 277 g/mol. The Morgan fingerprint density at radius 1 is 1.30 bits per heavy atom. The van der Waals surface area contributed by atoms with Gasteiger partial charge in [-0.3, -0.25) is 0 Å². The molecule has 1 aromatic heterocycles. The Balaban J connectivity index is 1.48. The zero-order valence-electron chi connectivity index (χ0n) is 13.2. The molecule has 0 aromatic carbocycles. The van der Waals surface area contributed by atoms with Gasteiger partial charge >= 0.3 is 0 Å². The maximum atomic E-state index is 5.41. The van der Waals surface area contributed by atoms with Gasteiger partial charge in [-0.1, -0.05) is 20.8 Å². The summed E-state index contributed by atoms with van der Waals surface area (Å²) in [7, 11) is 0. The van der Waals surface area contributed by atoms with Crippen LogP contribution in [0, 0.1) is 23.7 Å². The Morgan fingerprint density at radius 3 is 2.65 bits per heavy atom. The first-order valence-electron chi connectivity index (χ1n) is 7.96. The molecule has 0 spiro atoms. The molecule has 2 aliphatic rings. The van der Waals surface area contributed by atoms with Crippen LogP contribution in [-0.2, 0) is 6.42 Å². The molecule has 3 atom stereocenters. The van der Waals surface area contributed by atoms with Crippen molar-refractivity contribution in [3.05, 3.63) is 11.8 Å². The molecule has 2 bridgehead atoms. The van der Waals surface area contributed by atoms with Crippen molar-refractivity contribution in [3.8, 4) is 0 Å². The van der Waals surface area contributed by atoms with Crippen LogP contribution in [0.2, 0.25) is 0 Å². The van der Waals surface area contributed by atoms with Gasteiger partial charge in [0.05, 0.1) is 0 Å². The summed E-state index contributed by atoms with van der Waals surface area (Å²) in [6, 6.07) is 0.681. The van der Waals surface area contributed by atoms with Gasteiger partial charge < -0.3 is 9.73 Å². The zero-order chi connectivity index (χ0) is 14.4. The molecule has 3 rings (SSSR count). The van der Waals surface area contributed by atoms with Gasteiger partial charge in [0.2, 0.25) is 11.8 Å². The molecular weight excluding hydrogens is 250 g/mol. The largest absolute Gasteiger partial charge is 0.426 e. The van der Waals surface area contributed by atoms with Gasteiger partial charge in [-0.2, -0.15) is 0 Å². The molecule has 1 heterocycles. The summed E-state index contributed by atoms with van der Waals surface area (Å²) in [6.45, 7) is 10.3. The van der Waals surface area contributed by atoms with Gasteiger partial charge in [0, 0.05) is 19.4 Å². The van der Waals surface area contributed by atoms with Crippen LogP contribution in [-0.4, -0.2) is 22.8 Å². The number of nitrogens with one attached hydrogen (secondary N) is 1. The molecule has 1 N–H and O–H groups in total. The molecule has 0 amide bonds. The van der Waals surface area contributed by atoms with E-state index in [0.29, 0.717) is 22.8 Å². The smallest absolute Gasteiger partial charge is 0.216 e. The lowest BCUT2D eigenvalue weighted by atomic mass is 9.69. The first-order chi connectivity index (χ1) is 9.43. The SMILES string of the molecule is Cc1nnc(CCCN[C@@H]2C[C@H]3CC[C@@]2(C)C3(C)C)o1. The van der Waals surface area contributed by atoms with E-state index in [2.05, 4.69) is 36.3 Å². The van der Waals surface area contributed by atoms with Crippen LogP contribution in [0.3, 0.4) is 0 Å². The molecule has 2 aliphatic carbocycles. The normalized spacial score (nSPS) is 34.8. The maximum absolute atomic E-state index is 5.41. The van der Waals surface area contributed by atoms with E-state index < -0.39 is 0 Å². The second-order valence-electron chi connectivity index (χ2n) is 7.44. The molecule has 20 heavy (non-hydrogen) atoms. The molecule has 0 radical (unpaired) electrons. The van der Waals surface area contributed by atoms with Gasteiger partial charge in [0.25, 0.3) is 0 Å². The number of rotatable bonds is 5. The highest BCUT2D eigenvalue weighted by atomic mass is 16.4. The summed E-state index contributed by atoms with van der Waals surface area (Å²) in [5.41, 5.74) is 0.965. The number of hydrogen-bond acceptors (Lipinski definition) is 4. The molecule has 2 fully saturated rings. The molecule has 2 saturated carbocycles. The van der Waals surface area contributed by atoms with Crippen LogP contribution in [0.15, 0.2) is 4.42 Å². The lowest BCUT2D eigenvalue weighted by Crippen LogP contribution is -2.44. The standard InChI is InChI=1S/C16H27N3O/c1-11-18-19-14(20-11)6-5-9-17-13-10-12-7-8-16(13,4)15(12,2)3/h12-13,17H,5-10H2,1-4H3/t12-,13-,16-/m1/s1. The summed E-state index contributed by atoms with van der Waals surface area (Å²) in [4.78, 5) is 0. The van der Waals surface area contributed by atoms with E-state index in [1.165, 1.54) is 19.3 Å². The van der Waals surface area contributed by atoms with Gasteiger partial charge in [-0.15, -0.1) is 10.2 Å². The zero-order valence-corrected chi connectivity index (χ0v) is 13.2. The van der Waals surface area contributed by atoms with Crippen LogP contribution in [0.25, 0.3) is 0 Å². The van der Waals surface area contributed by atoms with Gasteiger partial charge in [0.1, 0.15) is 0 Å². The van der Waals surface area contributed by atoms with Crippen molar-refractivity contribution in [1.29, 1.82) is 0 Å². The van der Waals surface area contributed by atoms with Crippen molar-refractivity contribution in [2.45, 2.75) is 65.8 Å². The highest BCUT2D eigenvalue weighted by Gasteiger charge is 2.60. The quantitative estimate of drug-likeness (QED) is 0.840. The number of fused-ring (bicyclic) bond motifs is 2. The maximum Gasteiger partial charge on any atom is 0.216 e. The lowest BCUT2D eigenvalue weighted by molar-refractivity contribution is 0.121. The summed E-state index contributed by atoms with van der Waals surface area (Å²) in [5.74, 6) is 2.34. The third-order valence-electron chi connectivity index (χ3n) is 6.32. The van der Waals surface area contributed by atoms with Crippen molar-refractivity contribution < 1.29 is 4.42 Å². The van der Waals surface area contributed by atoms with Crippen molar-refractivity contribution in [2.75, 3.05) is 6.54 Å². The average Bonchev–Trinajstić information content (AvgIpc) is 2.95. The van der Waals surface area contributed by atoms with Gasteiger partial charge in [-0.05, 0) is 49.0 Å². The fourth-order valence-electron chi connectivity index (χ4n) is 4.47. The highest BCUT2D eigenvalue weighted by molar-refractivity contribution is 5.12. The van der Waals surface area contributed by atoms with Crippen molar-refractivity contribution in [2.24, 2.45) is 16.7 Å². The number of aryl methyl sites for hydroxylation is 2. The summed E-state index contributed by atoms with van der Waals surface area (Å²) < 4.78 is 5.41. The predicted molar refractivity (Wildman–Crippen MR) is 78.4 cm³/mol. The Kier molecular flexibility index (Phi) is 3.39. The van der Waals surface area contributed by atoms with Crippen LogP contribution < -0.4 is 5.32 Å². The third-order valence-corrected chi connectivity index (χ3v) is 6.32. The van der Waals surface area contributed by atoms with E-state index in [1.807, 2.05) is 6.92 Å². The molecular formula is C16H27N3O. The summed E-state index contributed by atoms with van der Waals surface area (Å²) in [5, 5.41) is 11.7. The monoisotopic (exact) mass is 277 g/mol. The van der Waals surface area contributed by atoms with E-state index in [0.717, 1.165) is 31.2 Å². The van der Waals surface area contributed by atoms with E-state index in [1.54, 1.807) is 0 Å². The predicted octanol–water partition coefficient (Wildman–Crippen LogP) is 3.12. The van der Waals surface area contributed by atoms with Crippen molar-refractivity contribution in [3.63, 3.8) is 0 Å². The van der Waals surface area contributed by atoms with Crippen LogP contribution in [0.5, 0.6) is 0 Å². The Bertz CT molecular complexity index is 482. The minimum Gasteiger partial charge on any atom is -0.426 e.